The number of imide groups is 1. The molecule has 2 aliphatic rings. The highest BCUT2D eigenvalue weighted by Crippen LogP contribution is 2.33. The molecule has 1 spiro atoms. The molecule has 5 amide bonds. The molecule has 1 aliphatic heterocycles. The number of aryl methyl sites for hydroxylation is 1. The van der Waals surface area contributed by atoms with E-state index in [4.69, 9.17) is 0 Å². The highest BCUT2D eigenvalue weighted by Gasteiger charge is 2.51. The zero-order valence-corrected chi connectivity index (χ0v) is 19.1. The lowest BCUT2D eigenvalue weighted by molar-refractivity contribution is -0.132. The van der Waals surface area contributed by atoms with Gasteiger partial charge in [0.2, 0.25) is 5.91 Å². The summed E-state index contributed by atoms with van der Waals surface area (Å²) in [6.45, 7) is 2.16. The molecule has 1 aromatic heterocycles. The molecule has 1 saturated carbocycles. The molecular formula is C23H28N6O5. The van der Waals surface area contributed by atoms with Gasteiger partial charge < -0.3 is 5.32 Å². The fraction of sp³-hybridized carbons (Fsp3) is 0.478. The molecule has 2 aromatic rings. The zero-order valence-electron chi connectivity index (χ0n) is 19.1. The van der Waals surface area contributed by atoms with E-state index in [0.717, 1.165) is 24.2 Å². The average molecular weight is 469 g/mol. The Bertz CT molecular complexity index is 1200. The fourth-order valence-corrected chi connectivity index (χ4v) is 4.60. The second kappa shape index (κ2) is 9.62. The summed E-state index contributed by atoms with van der Waals surface area (Å²) >= 11 is 0. The summed E-state index contributed by atoms with van der Waals surface area (Å²) in [5, 5.41) is 7.72. The van der Waals surface area contributed by atoms with E-state index in [1.54, 1.807) is 24.3 Å². The maximum atomic E-state index is 12.8. The summed E-state index contributed by atoms with van der Waals surface area (Å²) in [5.74, 6) is -1.53. The molecule has 0 unspecified atom stereocenters. The van der Waals surface area contributed by atoms with E-state index in [9.17, 15) is 24.0 Å². The lowest BCUT2D eigenvalue weighted by Gasteiger charge is -2.30. The van der Waals surface area contributed by atoms with Gasteiger partial charge >= 0.3 is 6.03 Å². The Morgan fingerprint density at radius 3 is 2.44 bits per heavy atom. The van der Waals surface area contributed by atoms with Crippen molar-refractivity contribution in [3.05, 3.63) is 40.3 Å². The second-order valence-electron chi connectivity index (χ2n) is 8.70. The summed E-state index contributed by atoms with van der Waals surface area (Å²) in [6, 6.07) is 6.15. The van der Waals surface area contributed by atoms with Crippen LogP contribution in [0.25, 0.3) is 10.8 Å². The zero-order chi connectivity index (χ0) is 24.3. The van der Waals surface area contributed by atoms with Gasteiger partial charge in [0.25, 0.3) is 17.4 Å². The van der Waals surface area contributed by atoms with Crippen LogP contribution in [0, 0.1) is 0 Å². The third-order valence-corrected chi connectivity index (χ3v) is 6.35. The van der Waals surface area contributed by atoms with Crippen molar-refractivity contribution in [1.82, 2.24) is 30.8 Å². The Balaban J connectivity index is 1.38. The van der Waals surface area contributed by atoms with E-state index in [2.05, 4.69) is 21.3 Å². The number of rotatable bonds is 6. The van der Waals surface area contributed by atoms with Crippen LogP contribution in [0.5, 0.6) is 0 Å². The van der Waals surface area contributed by atoms with Gasteiger partial charge in [0.1, 0.15) is 5.54 Å². The number of urea groups is 1. The van der Waals surface area contributed by atoms with E-state index in [1.165, 1.54) is 4.68 Å². The SMILES string of the molecule is CCCn1nc(C(=O)NNC(=O)CCN2C(=O)NC3(CCCCC3)C2=O)c2ccccc2c1=O. The standard InChI is InChI=1S/C23H28N6O5/c1-2-13-29-20(32)16-9-5-4-8-15(16)18(27-29)19(31)26-25-17(30)10-14-28-21(33)23(24-22(28)34)11-6-3-7-12-23/h4-5,8-9H,2-3,6-7,10-14H2,1H3,(H,24,34)(H,25,30)(H,26,31). The molecule has 180 valence electrons. The van der Waals surface area contributed by atoms with Gasteiger partial charge in [-0.2, -0.15) is 5.10 Å². The molecule has 1 aliphatic carbocycles. The monoisotopic (exact) mass is 468 g/mol. The minimum Gasteiger partial charge on any atom is -0.323 e. The molecule has 3 N–H and O–H groups in total. The van der Waals surface area contributed by atoms with Crippen LogP contribution in [0.4, 0.5) is 4.79 Å². The van der Waals surface area contributed by atoms with Crippen LogP contribution in [-0.2, 0) is 16.1 Å². The average Bonchev–Trinajstić information content (AvgIpc) is 3.06. The molecule has 4 rings (SSSR count). The molecule has 0 atom stereocenters. The van der Waals surface area contributed by atoms with E-state index in [-0.39, 0.29) is 30.1 Å². The van der Waals surface area contributed by atoms with Gasteiger partial charge in [-0.05, 0) is 25.3 Å². The van der Waals surface area contributed by atoms with Crippen molar-refractivity contribution < 1.29 is 19.2 Å². The van der Waals surface area contributed by atoms with Crippen molar-refractivity contribution in [2.45, 2.75) is 64.0 Å². The number of nitrogens with one attached hydrogen (secondary N) is 3. The van der Waals surface area contributed by atoms with Crippen LogP contribution in [0.2, 0.25) is 0 Å². The number of hydrogen-bond donors (Lipinski definition) is 3. The minimum atomic E-state index is -0.839. The molecule has 11 heteroatoms. The highest BCUT2D eigenvalue weighted by atomic mass is 16.2. The summed E-state index contributed by atoms with van der Waals surface area (Å²) in [7, 11) is 0. The van der Waals surface area contributed by atoms with Crippen LogP contribution in [-0.4, -0.2) is 50.5 Å². The predicted molar refractivity (Wildman–Crippen MR) is 123 cm³/mol. The number of benzene rings is 1. The molecule has 34 heavy (non-hydrogen) atoms. The quantitative estimate of drug-likeness (QED) is 0.430. The molecule has 1 saturated heterocycles. The second-order valence-corrected chi connectivity index (χ2v) is 8.70. The number of carbonyl (C=O) groups is 4. The third kappa shape index (κ3) is 4.37. The number of hydrazine groups is 1. The number of fused-ring (bicyclic) bond motifs is 1. The lowest BCUT2D eigenvalue weighted by atomic mass is 9.82. The highest BCUT2D eigenvalue weighted by molar-refractivity contribution is 6.07. The maximum Gasteiger partial charge on any atom is 0.325 e. The normalized spacial score (nSPS) is 17.1. The van der Waals surface area contributed by atoms with Gasteiger partial charge in [-0.15, -0.1) is 0 Å². The van der Waals surface area contributed by atoms with Crippen LogP contribution >= 0.6 is 0 Å². The van der Waals surface area contributed by atoms with Gasteiger partial charge in [0.05, 0.1) is 5.39 Å². The van der Waals surface area contributed by atoms with Crippen LogP contribution in [0.15, 0.2) is 29.1 Å². The number of amides is 5. The Labute approximate surface area is 195 Å². The van der Waals surface area contributed by atoms with Crippen molar-refractivity contribution in [3.8, 4) is 0 Å². The third-order valence-electron chi connectivity index (χ3n) is 6.35. The molecular weight excluding hydrogens is 440 g/mol. The van der Waals surface area contributed by atoms with Crippen molar-refractivity contribution >= 4 is 34.5 Å². The van der Waals surface area contributed by atoms with Crippen LogP contribution in [0.3, 0.4) is 0 Å². The van der Waals surface area contributed by atoms with Crippen molar-refractivity contribution in [2.75, 3.05) is 6.54 Å². The maximum absolute atomic E-state index is 12.8. The van der Waals surface area contributed by atoms with E-state index >= 15 is 0 Å². The molecule has 1 aromatic carbocycles. The van der Waals surface area contributed by atoms with Crippen LogP contribution in [0.1, 0.15) is 62.4 Å². The summed E-state index contributed by atoms with van der Waals surface area (Å²) in [4.78, 5) is 63.9. The number of nitrogens with zero attached hydrogens (tertiary/aromatic N) is 3. The van der Waals surface area contributed by atoms with E-state index < -0.39 is 23.4 Å². The molecule has 2 heterocycles. The van der Waals surface area contributed by atoms with Gasteiger partial charge in [-0.1, -0.05) is 44.4 Å². The first-order valence-corrected chi connectivity index (χ1v) is 11.6. The molecule has 2 fully saturated rings. The molecule has 11 nitrogen and oxygen atoms in total. The van der Waals surface area contributed by atoms with Crippen LogP contribution < -0.4 is 21.7 Å². The summed E-state index contributed by atoms with van der Waals surface area (Å²) < 4.78 is 1.23. The van der Waals surface area contributed by atoms with Crippen molar-refractivity contribution in [1.29, 1.82) is 0 Å². The smallest absolute Gasteiger partial charge is 0.323 e. The largest absolute Gasteiger partial charge is 0.325 e. The number of carbonyl (C=O) groups excluding carboxylic acids is 4. The summed E-state index contributed by atoms with van der Waals surface area (Å²) in [6.07, 6.45) is 4.50. The molecule has 0 bridgehead atoms. The van der Waals surface area contributed by atoms with Gasteiger partial charge in [0, 0.05) is 24.9 Å². The Kier molecular flexibility index (Phi) is 6.62. The van der Waals surface area contributed by atoms with E-state index in [0.29, 0.717) is 36.6 Å². The van der Waals surface area contributed by atoms with Crippen molar-refractivity contribution in [2.24, 2.45) is 0 Å². The first-order valence-electron chi connectivity index (χ1n) is 11.6. The Morgan fingerprint density at radius 2 is 1.74 bits per heavy atom. The first kappa shape index (κ1) is 23.4. The lowest BCUT2D eigenvalue weighted by Crippen LogP contribution is -2.48. The summed E-state index contributed by atoms with van der Waals surface area (Å²) in [5.41, 5.74) is 3.50. The first-order chi connectivity index (χ1) is 16.4. The topological polar surface area (TPSA) is 142 Å². The minimum absolute atomic E-state index is 0.0114. The Hall–Kier alpha value is -3.76. The van der Waals surface area contributed by atoms with Gasteiger partial charge in [-0.3, -0.25) is 34.9 Å². The van der Waals surface area contributed by atoms with Crippen molar-refractivity contribution in [3.63, 3.8) is 0 Å². The predicted octanol–water partition coefficient (Wildman–Crippen LogP) is 1.21. The number of aromatic nitrogens is 2. The number of hydrogen-bond acceptors (Lipinski definition) is 6. The Morgan fingerprint density at radius 1 is 1.03 bits per heavy atom. The molecule has 0 radical (unpaired) electrons. The van der Waals surface area contributed by atoms with E-state index in [1.807, 2.05) is 6.92 Å². The van der Waals surface area contributed by atoms with Gasteiger partial charge in [-0.25, -0.2) is 9.48 Å². The fourth-order valence-electron chi connectivity index (χ4n) is 4.60. The van der Waals surface area contributed by atoms with Gasteiger partial charge in [0.15, 0.2) is 5.69 Å².